The number of hydrogen-bond acceptors (Lipinski definition) is 5. The van der Waals surface area contributed by atoms with Gasteiger partial charge in [0.25, 0.3) is 0 Å². The van der Waals surface area contributed by atoms with E-state index in [0.29, 0.717) is 0 Å². The number of carbonyl (C=O) groups excluding carboxylic acids is 1. The highest BCUT2D eigenvalue weighted by molar-refractivity contribution is 7.21. The zero-order valence-corrected chi connectivity index (χ0v) is 17.4. The van der Waals surface area contributed by atoms with E-state index in [2.05, 4.69) is 45.7 Å². The number of nitrogens with one attached hydrogen (secondary N) is 2. The van der Waals surface area contributed by atoms with E-state index in [4.69, 9.17) is 0 Å². The monoisotopic (exact) mass is 414 g/mol. The van der Waals surface area contributed by atoms with Crippen molar-refractivity contribution in [3.05, 3.63) is 72.6 Å². The summed E-state index contributed by atoms with van der Waals surface area (Å²) in [4.78, 5) is 23.0. The van der Waals surface area contributed by atoms with Crippen LogP contribution in [-0.2, 0) is 4.79 Å². The van der Waals surface area contributed by atoms with Gasteiger partial charge in [0, 0.05) is 22.5 Å². The Kier molecular flexibility index (Phi) is 4.93. The van der Waals surface area contributed by atoms with Crippen LogP contribution in [0.4, 0.5) is 11.5 Å². The fourth-order valence-corrected chi connectivity index (χ4v) is 4.45. The van der Waals surface area contributed by atoms with Crippen molar-refractivity contribution in [2.24, 2.45) is 5.92 Å². The lowest BCUT2D eigenvalue weighted by molar-refractivity contribution is -0.117. The fraction of sp³-hybridized carbons (Fsp3) is 0.208. The van der Waals surface area contributed by atoms with E-state index in [0.717, 1.165) is 40.1 Å². The lowest BCUT2D eigenvalue weighted by Crippen LogP contribution is -2.13. The summed E-state index contributed by atoms with van der Waals surface area (Å²) in [6, 6.07) is 20.6. The lowest BCUT2D eigenvalue weighted by atomic mass is 10.1. The van der Waals surface area contributed by atoms with Crippen molar-refractivity contribution in [1.82, 2.24) is 9.97 Å². The molecule has 1 atom stereocenters. The van der Waals surface area contributed by atoms with Crippen molar-refractivity contribution in [1.29, 1.82) is 0 Å². The highest BCUT2D eigenvalue weighted by atomic mass is 32.1. The topological polar surface area (TPSA) is 66.9 Å². The maximum atomic E-state index is 11.9. The number of benzene rings is 2. The van der Waals surface area contributed by atoms with Gasteiger partial charge < -0.3 is 10.6 Å². The summed E-state index contributed by atoms with van der Waals surface area (Å²) in [5.41, 5.74) is 3.16. The average Bonchev–Trinajstić information content (AvgIpc) is 3.54. The van der Waals surface area contributed by atoms with E-state index in [1.807, 2.05) is 42.5 Å². The molecule has 2 aromatic heterocycles. The van der Waals surface area contributed by atoms with Crippen LogP contribution in [0, 0.1) is 5.92 Å². The number of amides is 1. The van der Waals surface area contributed by atoms with Gasteiger partial charge in [0.1, 0.15) is 17.0 Å². The molecule has 1 amide bonds. The van der Waals surface area contributed by atoms with Crippen LogP contribution in [0.5, 0.6) is 0 Å². The summed E-state index contributed by atoms with van der Waals surface area (Å²) in [7, 11) is 0. The van der Waals surface area contributed by atoms with Gasteiger partial charge in [-0.2, -0.15) is 0 Å². The van der Waals surface area contributed by atoms with Crippen molar-refractivity contribution in [3.63, 3.8) is 0 Å². The highest BCUT2D eigenvalue weighted by Crippen LogP contribution is 2.36. The molecule has 0 radical (unpaired) electrons. The third-order valence-corrected chi connectivity index (χ3v) is 6.46. The molecule has 0 aliphatic heterocycles. The Balaban J connectivity index is 1.34. The summed E-state index contributed by atoms with van der Waals surface area (Å²) in [5.74, 6) is 1.16. The second-order valence-electron chi connectivity index (χ2n) is 7.67. The third kappa shape index (κ3) is 3.91. The molecule has 4 aromatic rings. The van der Waals surface area contributed by atoms with Crippen LogP contribution in [0.25, 0.3) is 20.7 Å². The van der Waals surface area contributed by atoms with Crippen molar-refractivity contribution >= 4 is 39.0 Å². The molecule has 5 nitrogen and oxygen atoms in total. The predicted molar refractivity (Wildman–Crippen MR) is 123 cm³/mol. The van der Waals surface area contributed by atoms with E-state index in [1.165, 1.54) is 10.4 Å². The van der Waals surface area contributed by atoms with Gasteiger partial charge in [-0.25, -0.2) is 9.97 Å². The van der Waals surface area contributed by atoms with E-state index < -0.39 is 0 Å². The maximum Gasteiger partial charge on any atom is 0.227 e. The van der Waals surface area contributed by atoms with Crippen LogP contribution in [-0.4, -0.2) is 15.9 Å². The Morgan fingerprint density at radius 2 is 1.83 bits per heavy atom. The van der Waals surface area contributed by atoms with Gasteiger partial charge in [-0.1, -0.05) is 42.5 Å². The number of carbonyl (C=O) groups is 1. The second-order valence-corrected chi connectivity index (χ2v) is 8.70. The van der Waals surface area contributed by atoms with Crippen LogP contribution in [0.3, 0.4) is 0 Å². The van der Waals surface area contributed by atoms with Gasteiger partial charge in [-0.3, -0.25) is 4.79 Å². The molecule has 2 N–H and O–H groups in total. The minimum Gasteiger partial charge on any atom is -0.363 e. The molecular weight excluding hydrogens is 392 g/mol. The molecule has 5 rings (SSSR count). The molecule has 1 saturated carbocycles. The molecule has 1 unspecified atom stereocenters. The summed E-state index contributed by atoms with van der Waals surface area (Å²) >= 11 is 1.67. The van der Waals surface area contributed by atoms with Crippen molar-refractivity contribution in [2.75, 3.05) is 10.6 Å². The van der Waals surface area contributed by atoms with E-state index in [9.17, 15) is 4.79 Å². The summed E-state index contributed by atoms with van der Waals surface area (Å²) < 4.78 is 0. The van der Waals surface area contributed by atoms with Crippen LogP contribution < -0.4 is 10.6 Å². The number of hydrogen-bond donors (Lipinski definition) is 2. The first kappa shape index (κ1) is 18.8. The molecule has 2 aromatic carbocycles. The minimum atomic E-state index is 0.0661. The van der Waals surface area contributed by atoms with Crippen LogP contribution in [0.2, 0.25) is 0 Å². The molecule has 30 heavy (non-hydrogen) atoms. The molecule has 0 saturated heterocycles. The minimum absolute atomic E-state index is 0.0661. The molecule has 1 fully saturated rings. The van der Waals surface area contributed by atoms with Gasteiger partial charge in [-0.05, 0) is 49.1 Å². The van der Waals surface area contributed by atoms with Gasteiger partial charge in [0.2, 0.25) is 5.91 Å². The first-order chi connectivity index (χ1) is 14.7. The highest BCUT2D eigenvalue weighted by Gasteiger charge is 2.29. The molecular formula is C24H22N4OS. The maximum absolute atomic E-state index is 11.9. The Bertz CT molecular complexity index is 1180. The van der Waals surface area contributed by atoms with Crippen molar-refractivity contribution in [2.45, 2.75) is 25.8 Å². The number of anilines is 2. The first-order valence-corrected chi connectivity index (χ1v) is 11.0. The number of fused-ring (bicyclic) bond motifs is 1. The normalized spacial score (nSPS) is 14.4. The quantitative estimate of drug-likeness (QED) is 0.413. The van der Waals surface area contributed by atoms with E-state index in [1.54, 1.807) is 17.7 Å². The number of aromatic nitrogens is 2. The van der Waals surface area contributed by atoms with E-state index >= 15 is 0 Å². The summed E-state index contributed by atoms with van der Waals surface area (Å²) in [5, 5.41) is 7.54. The lowest BCUT2D eigenvalue weighted by Gasteiger charge is -2.16. The van der Waals surface area contributed by atoms with Crippen LogP contribution in [0.1, 0.15) is 31.4 Å². The average molecular weight is 415 g/mol. The fourth-order valence-electron chi connectivity index (χ4n) is 3.45. The molecule has 1 aliphatic rings. The number of thiophene rings is 1. The van der Waals surface area contributed by atoms with Crippen LogP contribution in [0.15, 0.2) is 67.0 Å². The molecule has 1 aliphatic carbocycles. The largest absolute Gasteiger partial charge is 0.363 e. The van der Waals surface area contributed by atoms with Crippen LogP contribution >= 0.6 is 11.3 Å². The Hall–Kier alpha value is -3.25. The van der Waals surface area contributed by atoms with Gasteiger partial charge in [0.05, 0.1) is 5.39 Å². The van der Waals surface area contributed by atoms with Gasteiger partial charge >= 0.3 is 0 Å². The summed E-state index contributed by atoms with van der Waals surface area (Å²) in [6.45, 7) is 2.11. The zero-order valence-electron chi connectivity index (χ0n) is 16.6. The summed E-state index contributed by atoms with van der Waals surface area (Å²) in [6.07, 6.45) is 3.62. The van der Waals surface area contributed by atoms with Crippen molar-refractivity contribution in [3.8, 4) is 10.4 Å². The predicted octanol–water partition coefficient (Wildman–Crippen LogP) is 5.88. The smallest absolute Gasteiger partial charge is 0.227 e. The standard InChI is InChI=1S/C24H22N4OS/c1-15(16-9-11-19(12-10-16)28-23(29)18-7-8-18)27-22-20-13-21(17-5-3-2-4-6-17)30-24(20)26-14-25-22/h2-6,9-15,18H,7-8H2,1H3,(H,28,29)(H,25,26,27). The molecule has 0 spiro atoms. The zero-order chi connectivity index (χ0) is 20.5. The molecule has 150 valence electrons. The first-order valence-electron chi connectivity index (χ1n) is 10.1. The SMILES string of the molecule is CC(Nc1ncnc2sc(-c3ccccc3)cc12)c1ccc(NC(=O)C2CC2)cc1. The Labute approximate surface area is 179 Å². The van der Waals surface area contributed by atoms with Gasteiger partial charge in [0.15, 0.2) is 0 Å². The molecule has 2 heterocycles. The Morgan fingerprint density at radius 1 is 1.07 bits per heavy atom. The molecule has 6 heteroatoms. The Morgan fingerprint density at radius 3 is 2.57 bits per heavy atom. The van der Waals surface area contributed by atoms with E-state index in [-0.39, 0.29) is 17.9 Å². The second kappa shape index (κ2) is 7.88. The number of rotatable bonds is 6. The number of nitrogens with zero attached hydrogens (tertiary/aromatic N) is 2. The van der Waals surface area contributed by atoms with Gasteiger partial charge in [-0.15, -0.1) is 11.3 Å². The third-order valence-electron chi connectivity index (χ3n) is 5.37. The van der Waals surface area contributed by atoms with Crippen molar-refractivity contribution < 1.29 is 4.79 Å². The molecule has 0 bridgehead atoms.